The Hall–Kier alpha value is -2.02. The van der Waals surface area contributed by atoms with Crippen LogP contribution in [0.1, 0.15) is 88.9 Å². The number of amides is 2. The second kappa shape index (κ2) is 10.1. The second-order valence-corrected chi connectivity index (χ2v) is 11.1. The predicted molar refractivity (Wildman–Crippen MR) is 126 cm³/mol. The summed E-state index contributed by atoms with van der Waals surface area (Å²) in [6.07, 6.45) is 13.4. The summed E-state index contributed by atoms with van der Waals surface area (Å²) >= 11 is 0. The highest BCUT2D eigenvalue weighted by molar-refractivity contribution is 5.93. The lowest BCUT2D eigenvalue weighted by atomic mass is 9.51. The lowest BCUT2D eigenvalue weighted by Crippen LogP contribution is -2.58. The second-order valence-electron chi connectivity index (χ2n) is 11.1. The van der Waals surface area contributed by atoms with Crippen molar-refractivity contribution in [2.45, 2.75) is 96.7 Å². The third kappa shape index (κ3) is 5.08. The standard InChI is InChI=1S/C26H40N4O3/c1-16(24(32)29-19-7-5-4-6-8-19)20-9-11-26(3)12-10-21(17(2)22(26)23(20)31)30-25(33)18-13-27-15-28-14-18/h13-17,19-23,31H,4-12H2,1-3H3,(H,29,32)(H,30,33)/t16-,17+,20+,21-,22+,23-,26-/m0/s1. The van der Waals surface area contributed by atoms with Gasteiger partial charge in [0, 0.05) is 30.4 Å². The van der Waals surface area contributed by atoms with E-state index in [1.165, 1.54) is 38.0 Å². The van der Waals surface area contributed by atoms with E-state index in [0.29, 0.717) is 5.56 Å². The highest BCUT2D eigenvalue weighted by atomic mass is 16.3. The summed E-state index contributed by atoms with van der Waals surface area (Å²) in [6.45, 7) is 6.41. The molecule has 7 nitrogen and oxygen atoms in total. The molecule has 0 radical (unpaired) electrons. The van der Waals surface area contributed by atoms with E-state index in [9.17, 15) is 14.7 Å². The van der Waals surface area contributed by atoms with Crippen molar-refractivity contribution in [2.24, 2.45) is 29.1 Å². The molecule has 0 unspecified atom stereocenters. The minimum atomic E-state index is -0.550. The van der Waals surface area contributed by atoms with Crippen molar-refractivity contribution in [1.29, 1.82) is 0 Å². The number of carbonyl (C=O) groups is 2. The van der Waals surface area contributed by atoms with Crippen LogP contribution in [0.5, 0.6) is 0 Å². The van der Waals surface area contributed by atoms with Gasteiger partial charge >= 0.3 is 0 Å². The van der Waals surface area contributed by atoms with Gasteiger partial charge in [-0.3, -0.25) is 9.59 Å². The monoisotopic (exact) mass is 456 g/mol. The number of hydrogen-bond donors (Lipinski definition) is 3. The fraction of sp³-hybridized carbons (Fsp3) is 0.769. The molecule has 2 amide bonds. The van der Waals surface area contributed by atoms with E-state index in [1.54, 1.807) is 0 Å². The quantitative estimate of drug-likeness (QED) is 0.629. The van der Waals surface area contributed by atoms with Gasteiger partial charge in [0.15, 0.2) is 0 Å². The molecule has 0 saturated heterocycles. The average Bonchev–Trinajstić information content (AvgIpc) is 2.82. The van der Waals surface area contributed by atoms with Gasteiger partial charge in [-0.05, 0) is 61.7 Å². The fourth-order valence-electron chi connectivity index (χ4n) is 6.94. The molecule has 3 N–H and O–H groups in total. The van der Waals surface area contributed by atoms with Crippen molar-refractivity contribution < 1.29 is 14.7 Å². The van der Waals surface area contributed by atoms with Crippen molar-refractivity contribution in [3.8, 4) is 0 Å². The molecule has 0 aromatic carbocycles. The van der Waals surface area contributed by atoms with Crippen LogP contribution < -0.4 is 10.6 Å². The van der Waals surface area contributed by atoms with Gasteiger partial charge in [-0.15, -0.1) is 0 Å². The van der Waals surface area contributed by atoms with Crippen molar-refractivity contribution >= 4 is 11.8 Å². The van der Waals surface area contributed by atoms with E-state index >= 15 is 0 Å². The molecule has 182 valence electrons. The van der Waals surface area contributed by atoms with Gasteiger partial charge in [-0.2, -0.15) is 0 Å². The van der Waals surface area contributed by atoms with Crippen LogP contribution in [0.15, 0.2) is 18.7 Å². The van der Waals surface area contributed by atoms with Crippen LogP contribution in [0, 0.1) is 29.1 Å². The third-order valence-electron chi connectivity index (χ3n) is 9.03. The third-order valence-corrected chi connectivity index (χ3v) is 9.03. The zero-order chi connectivity index (χ0) is 23.6. The maximum Gasteiger partial charge on any atom is 0.254 e. The Bertz CT molecular complexity index is 828. The fourth-order valence-corrected chi connectivity index (χ4v) is 6.94. The summed E-state index contributed by atoms with van der Waals surface area (Å²) in [5.41, 5.74) is 0.486. The van der Waals surface area contributed by atoms with E-state index in [2.05, 4.69) is 34.4 Å². The first-order valence-electron chi connectivity index (χ1n) is 12.8. The van der Waals surface area contributed by atoms with Crippen molar-refractivity contribution in [3.63, 3.8) is 0 Å². The first kappa shape index (κ1) is 24.1. The first-order valence-corrected chi connectivity index (χ1v) is 12.8. The Kier molecular flexibility index (Phi) is 7.37. The SMILES string of the molecule is C[C@H]1[C@@H]2[C@@H](O)[C@@H]([C@H](C)C(=O)NC3CCCCC3)CC[C@@]2(C)CC[C@@H]1NC(=O)c1cncnc1. The van der Waals surface area contributed by atoms with Crippen molar-refractivity contribution in [2.75, 3.05) is 0 Å². The van der Waals surface area contributed by atoms with Crippen molar-refractivity contribution in [3.05, 3.63) is 24.3 Å². The lowest BCUT2D eigenvalue weighted by molar-refractivity contribution is -0.142. The Morgan fingerprint density at radius 3 is 2.42 bits per heavy atom. The number of aliphatic hydroxyl groups is 1. The normalized spacial score (nSPS) is 35.8. The number of aromatic nitrogens is 2. The molecule has 1 aromatic heterocycles. The van der Waals surface area contributed by atoms with Gasteiger partial charge in [0.2, 0.25) is 5.91 Å². The number of nitrogens with one attached hydrogen (secondary N) is 2. The topological polar surface area (TPSA) is 104 Å². The van der Waals surface area contributed by atoms with Crippen LogP contribution in [0.2, 0.25) is 0 Å². The van der Waals surface area contributed by atoms with Crippen molar-refractivity contribution in [1.82, 2.24) is 20.6 Å². The van der Waals surface area contributed by atoms with E-state index in [-0.39, 0.29) is 53.0 Å². The minimum absolute atomic E-state index is 0.0180. The maximum atomic E-state index is 13.1. The Labute approximate surface area is 197 Å². The Morgan fingerprint density at radius 1 is 1.06 bits per heavy atom. The molecule has 0 bridgehead atoms. The Morgan fingerprint density at radius 2 is 1.73 bits per heavy atom. The van der Waals surface area contributed by atoms with Gasteiger partial charge < -0.3 is 15.7 Å². The van der Waals surface area contributed by atoms with E-state index in [0.717, 1.165) is 38.5 Å². The largest absolute Gasteiger partial charge is 0.392 e. The van der Waals surface area contributed by atoms with Gasteiger partial charge in [-0.1, -0.05) is 40.0 Å². The number of rotatable bonds is 5. The highest BCUT2D eigenvalue weighted by Crippen LogP contribution is 2.55. The van der Waals surface area contributed by atoms with Gasteiger partial charge in [-0.25, -0.2) is 9.97 Å². The first-order chi connectivity index (χ1) is 15.8. The molecule has 3 aliphatic carbocycles. The minimum Gasteiger partial charge on any atom is -0.392 e. The van der Waals surface area contributed by atoms with E-state index in [1.807, 2.05) is 6.92 Å². The molecule has 1 aromatic rings. The summed E-state index contributed by atoms with van der Waals surface area (Å²) in [5, 5.41) is 18.0. The summed E-state index contributed by atoms with van der Waals surface area (Å²) in [4.78, 5) is 33.7. The molecule has 33 heavy (non-hydrogen) atoms. The smallest absolute Gasteiger partial charge is 0.254 e. The van der Waals surface area contributed by atoms with Gasteiger partial charge in [0.05, 0.1) is 11.7 Å². The van der Waals surface area contributed by atoms with Crippen LogP contribution in [0.4, 0.5) is 0 Å². The molecule has 3 aliphatic rings. The molecule has 1 heterocycles. The summed E-state index contributed by atoms with van der Waals surface area (Å²) in [7, 11) is 0. The average molecular weight is 457 g/mol. The predicted octanol–water partition coefficient (Wildman–Crippen LogP) is 3.48. The van der Waals surface area contributed by atoms with E-state index < -0.39 is 6.10 Å². The molecule has 3 saturated carbocycles. The number of aliphatic hydroxyl groups excluding tert-OH is 1. The lowest BCUT2D eigenvalue weighted by Gasteiger charge is -2.56. The number of fused-ring (bicyclic) bond motifs is 1. The Balaban J connectivity index is 1.43. The highest BCUT2D eigenvalue weighted by Gasteiger charge is 2.54. The van der Waals surface area contributed by atoms with E-state index in [4.69, 9.17) is 0 Å². The molecule has 7 atom stereocenters. The number of hydrogen-bond acceptors (Lipinski definition) is 5. The van der Waals surface area contributed by atoms with Gasteiger partial charge in [0.25, 0.3) is 5.91 Å². The van der Waals surface area contributed by atoms with Crippen LogP contribution in [-0.2, 0) is 4.79 Å². The zero-order valence-corrected chi connectivity index (χ0v) is 20.3. The van der Waals surface area contributed by atoms with Gasteiger partial charge in [0.1, 0.15) is 6.33 Å². The van der Waals surface area contributed by atoms with Crippen LogP contribution in [0.3, 0.4) is 0 Å². The molecule has 0 spiro atoms. The van der Waals surface area contributed by atoms with Crippen LogP contribution in [-0.4, -0.2) is 45.1 Å². The molecular formula is C26H40N4O3. The molecule has 3 fully saturated rings. The maximum absolute atomic E-state index is 13.1. The van der Waals surface area contributed by atoms with Crippen LogP contribution >= 0.6 is 0 Å². The number of carbonyl (C=O) groups excluding carboxylic acids is 2. The molecule has 7 heteroatoms. The molecule has 4 rings (SSSR count). The molecular weight excluding hydrogens is 416 g/mol. The summed E-state index contributed by atoms with van der Waals surface area (Å²) in [5.74, 6) is -0.178. The van der Waals surface area contributed by atoms with Crippen LogP contribution in [0.25, 0.3) is 0 Å². The zero-order valence-electron chi connectivity index (χ0n) is 20.3. The summed E-state index contributed by atoms with van der Waals surface area (Å²) < 4.78 is 0. The number of nitrogens with zero attached hydrogens (tertiary/aromatic N) is 2. The summed E-state index contributed by atoms with van der Waals surface area (Å²) in [6, 6.07) is 0.269. The molecule has 0 aliphatic heterocycles.